The topological polar surface area (TPSA) is 3.24 Å². The minimum absolute atomic E-state index is 0.842. The van der Waals surface area contributed by atoms with Crippen molar-refractivity contribution in [3.05, 3.63) is 12.2 Å². The van der Waals surface area contributed by atoms with E-state index in [1.807, 2.05) is 0 Å². The van der Waals surface area contributed by atoms with Gasteiger partial charge in [-0.3, -0.25) is 0 Å². The zero-order valence-electron chi connectivity index (χ0n) is 17.0. The third-order valence-electron chi connectivity index (χ3n) is 9.08. The monoisotopic (exact) mass is 355 g/mol. The average molecular weight is 356 g/mol. The molecule has 6 aliphatic carbocycles. The zero-order chi connectivity index (χ0) is 17.4. The molecule has 9 rings (SSSR count). The Kier molecular flexibility index (Phi) is 5.20. The van der Waals surface area contributed by atoms with Crippen LogP contribution in [0.15, 0.2) is 12.2 Å². The molecule has 3 heterocycles. The number of hydrogen-bond acceptors (Lipinski definition) is 1. The first-order valence-electron chi connectivity index (χ1n) is 12.1. The Morgan fingerprint density at radius 1 is 0.577 bits per heavy atom. The lowest BCUT2D eigenvalue weighted by atomic mass is 9.56. The van der Waals surface area contributed by atoms with Gasteiger partial charge in [0.15, 0.2) is 0 Å². The van der Waals surface area contributed by atoms with Crippen LogP contribution in [-0.2, 0) is 0 Å². The molecule has 0 aromatic carbocycles. The maximum absolute atomic E-state index is 2.58. The lowest BCUT2D eigenvalue weighted by Crippen LogP contribution is -2.41. The maximum Gasteiger partial charge on any atom is -0.00161 e. The van der Waals surface area contributed by atoms with Crippen molar-refractivity contribution in [3.63, 3.8) is 0 Å². The Morgan fingerprint density at radius 2 is 1.08 bits per heavy atom. The largest absolute Gasteiger partial charge is 0.303 e. The Balaban J connectivity index is 0.0000000875. The van der Waals surface area contributed by atoms with Gasteiger partial charge in [0, 0.05) is 0 Å². The Morgan fingerprint density at radius 3 is 1.31 bits per heavy atom. The lowest BCUT2D eigenvalue weighted by Gasteiger charge is -2.49. The summed E-state index contributed by atoms with van der Waals surface area (Å²) in [6.45, 7) is 4.18. The van der Waals surface area contributed by atoms with Gasteiger partial charge >= 0.3 is 0 Å². The summed E-state index contributed by atoms with van der Waals surface area (Å²) in [7, 11) is 0. The molecule has 5 saturated carbocycles. The van der Waals surface area contributed by atoms with Crippen molar-refractivity contribution in [1.29, 1.82) is 0 Å². The molecule has 0 aromatic rings. The first-order valence-corrected chi connectivity index (χ1v) is 12.1. The van der Waals surface area contributed by atoms with Crippen molar-refractivity contribution in [2.45, 2.75) is 89.9 Å². The highest BCUT2D eigenvalue weighted by Crippen LogP contribution is 2.54. The second kappa shape index (κ2) is 7.61. The van der Waals surface area contributed by atoms with E-state index in [0.29, 0.717) is 0 Å². The van der Waals surface area contributed by atoms with Crippen LogP contribution < -0.4 is 0 Å². The van der Waals surface area contributed by atoms with Crippen LogP contribution in [0, 0.1) is 35.0 Å². The molecule has 0 N–H and O–H groups in total. The van der Waals surface area contributed by atoms with Crippen LogP contribution in [0.3, 0.4) is 0 Å². The molecule has 6 bridgehead atoms. The smallest absolute Gasteiger partial charge is 0.00161 e. The van der Waals surface area contributed by atoms with Gasteiger partial charge in [-0.25, -0.2) is 0 Å². The van der Waals surface area contributed by atoms with Crippen LogP contribution >= 0.6 is 0 Å². The van der Waals surface area contributed by atoms with Gasteiger partial charge in [-0.2, -0.15) is 0 Å². The Hall–Kier alpha value is -0.300. The number of piperidine rings is 3. The van der Waals surface area contributed by atoms with Crippen molar-refractivity contribution in [1.82, 2.24) is 4.90 Å². The Bertz CT molecular complexity index is 415. The summed E-state index contributed by atoms with van der Waals surface area (Å²) in [6.07, 6.45) is 26.0. The van der Waals surface area contributed by atoms with Gasteiger partial charge in [-0.15, -0.1) is 0 Å². The van der Waals surface area contributed by atoms with Crippen molar-refractivity contribution >= 4 is 0 Å². The van der Waals surface area contributed by atoms with Gasteiger partial charge in [0.05, 0.1) is 0 Å². The standard InChI is InChI=1S/C10H16.C8H12.C7H13N/c1-7-2-9-4-8(1)5-10(3-7)6-9;1-2-4-8(5-3-1)6-7-8;1-4-8-5-2-7(1)3-6-8/h7-10H,1-6H2;1-2H,3-7H2;7H,1-6H2. The molecular formula is C25H41N. The quantitative estimate of drug-likeness (QED) is 0.452. The summed E-state index contributed by atoms with van der Waals surface area (Å²) in [6, 6.07) is 0. The molecule has 1 nitrogen and oxygen atoms in total. The summed E-state index contributed by atoms with van der Waals surface area (Å²) in [5.74, 6) is 5.82. The summed E-state index contributed by atoms with van der Waals surface area (Å²) in [5, 5.41) is 0. The number of nitrogens with zero attached hydrogens (tertiary/aromatic N) is 1. The molecule has 26 heavy (non-hydrogen) atoms. The van der Waals surface area contributed by atoms with E-state index in [-0.39, 0.29) is 0 Å². The van der Waals surface area contributed by atoms with E-state index < -0.39 is 0 Å². The summed E-state index contributed by atoms with van der Waals surface area (Å²) >= 11 is 0. The summed E-state index contributed by atoms with van der Waals surface area (Å²) in [5.41, 5.74) is 0.842. The molecule has 146 valence electrons. The predicted molar refractivity (Wildman–Crippen MR) is 110 cm³/mol. The maximum atomic E-state index is 2.58. The highest BCUT2D eigenvalue weighted by molar-refractivity contribution is 5.04. The van der Waals surface area contributed by atoms with Gasteiger partial charge in [0.1, 0.15) is 0 Å². The third kappa shape index (κ3) is 4.23. The number of fused-ring (bicyclic) bond motifs is 3. The van der Waals surface area contributed by atoms with Crippen LogP contribution in [0.2, 0.25) is 0 Å². The van der Waals surface area contributed by atoms with Crippen LogP contribution in [0.4, 0.5) is 0 Å². The number of hydrogen-bond donors (Lipinski definition) is 0. The second-order valence-corrected chi connectivity index (χ2v) is 11.2. The Labute approximate surface area is 162 Å². The predicted octanol–water partition coefficient (Wildman–Crippen LogP) is 6.44. The van der Waals surface area contributed by atoms with Crippen LogP contribution in [-0.4, -0.2) is 24.5 Å². The zero-order valence-corrected chi connectivity index (χ0v) is 17.0. The number of rotatable bonds is 0. The van der Waals surface area contributed by atoms with Crippen molar-refractivity contribution in [2.24, 2.45) is 35.0 Å². The van der Waals surface area contributed by atoms with E-state index in [0.717, 1.165) is 11.3 Å². The van der Waals surface area contributed by atoms with E-state index in [1.165, 1.54) is 94.7 Å². The second-order valence-electron chi connectivity index (χ2n) is 11.2. The average Bonchev–Trinajstić information content (AvgIpc) is 3.42. The fourth-order valence-electron chi connectivity index (χ4n) is 7.42. The molecule has 8 fully saturated rings. The van der Waals surface area contributed by atoms with Crippen molar-refractivity contribution in [2.75, 3.05) is 19.6 Å². The molecular weight excluding hydrogens is 314 g/mol. The van der Waals surface area contributed by atoms with E-state index in [1.54, 1.807) is 38.5 Å². The first-order chi connectivity index (χ1) is 12.8. The van der Waals surface area contributed by atoms with E-state index >= 15 is 0 Å². The van der Waals surface area contributed by atoms with E-state index in [9.17, 15) is 0 Å². The fourth-order valence-corrected chi connectivity index (χ4v) is 7.42. The molecule has 3 aliphatic heterocycles. The highest BCUT2D eigenvalue weighted by atomic mass is 15.1. The van der Waals surface area contributed by atoms with Gasteiger partial charge in [0.2, 0.25) is 0 Å². The molecule has 9 aliphatic rings. The van der Waals surface area contributed by atoms with Crippen LogP contribution in [0.25, 0.3) is 0 Å². The minimum Gasteiger partial charge on any atom is -0.303 e. The molecule has 1 spiro atoms. The minimum atomic E-state index is 0.842. The van der Waals surface area contributed by atoms with Crippen LogP contribution in [0.1, 0.15) is 89.9 Å². The van der Waals surface area contributed by atoms with Crippen LogP contribution in [0.5, 0.6) is 0 Å². The van der Waals surface area contributed by atoms with Gasteiger partial charge in [0.25, 0.3) is 0 Å². The van der Waals surface area contributed by atoms with E-state index in [2.05, 4.69) is 17.1 Å². The molecule has 0 atom stereocenters. The molecule has 0 unspecified atom stereocenters. The molecule has 0 radical (unpaired) electrons. The summed E-state index contributed by atoms with van der Waals surface area (Å²) < 4.78 is 0. The highest BCUT2D eigenvalue weighted by Gasteiger charge is 2.42. The van der Waals surface area contributed by atoms with Crippen molar-refractivity contribution in [3.8, 4) is 0 Å². The van der Waals surface area contributed by atoms with Gasteiger partial charge in [-0.05, 0) is 145 Å². The number of allylic oxidation sites excluding steroid dienone is 2. The first kappa shape index (κ1) is 17.8. The molecule has 3 saturated heterocycles. The fraction of sp³-hybridized carbons (Fsp3) is 0.920. The molecule has 0 aromatic heterocycles. The SMILES string of the molecule is C1=CCC2(CC1)CC2.C1C2CC3CC1CC(C2)C3.C1CN2CCC1CC2. The third-order valence-corrected chi connectivity index (χ3v) is 9.08. The summed E-state index contributed by atoms with van der Waals surface area (Å²) in [4.78, 5) is 2.58. The lowest BCUT2D eigenvalue weighted by molar-refractivity contribution is 0.0198. The molecule has 0 amide bonds. The van der Waals surface area contributed by atoms with Gasteiger partial charge in [-0.1, -0.05) is 12.2 Å². The van der Waals surface area contributed by atoms with Gasteiger partial charge < -0.3 is 4.90 Å². The normalized spacial score (nSPS) is 45.5. The molecule has 1 heteroatoms. The van der Waals surface area contributed by atoms with E-state index in [4.69, 9.17) is 0 Å². The van der Waals surface area contributed by atoms with Crippen molar-refractivity contribution < 1.29 is 0 Å².